The molecule has 0 aromatic heterocycles. The zero-order valence-corrected chi connectivity index (χ0v) is 42.5. The van der Waals surface area contributed by atoms with E-state index in [0.29, 0.717) is 48.3 Å². The van der Waals surface area contributed by atoms with Crippen LogP contribution in [0.1, 0.15) is 92.4 Å². The summed E-state index contributed by atoms with van der Waals surface area (Å²) < 4.78 is 55.8. The van der Waals surface area contributed by atoms with E-state index in [1.54, 1.807) is 0 Å². The smallest absolute Gasteiger partial charge is 0.187 e. The van der Waals surface area contributed by atoms with Crippen molar-refractivity contribution in [1.82, 2.24) is 5.32 Å². The van der Waals surface area contributed by atoms with Crippen molar-refractivity contribution in [2.45, 2.75) is 233 Å². The van der Waals surface area contributed by atoms with Crippen molar-refractivity contribution in [3.8, 4) is 0 Å². The normalized spacial score (nSPS) is 57.1. The number of piperidine rings is 1. The predicted octanol–water partition coefficient (Wildman–Crippen LogP) is -2.39. The van der Waals surface area contributed by atoms with E-state index in [9.17, 15) is 61.3 Å². The van der Waals surface area contributed by atoms with Crippen molar-refractivity contribution in [3.05, 3.63) is 11.6 Å². The Bertz CT molecular complexity index is 1930. The summed E-state index contributed by atoms with van der Waals surface area (Å²) in [5, 5.41) is 133. The summed E-state index contributed by atoms with van der Waals surface area (Å²) in [6, 6.07) is 0. The molecule has 22 heteroatoms. The van der Waals surface area contributed by atoms with Crippen LogP contribution >= 0.6 is 0 Å². The van der Waals surface area contributed by atoms with Crippen molar-refractivity contribution in [2.24, 2.45) is 46.3 Å². The summed E-state index contributed by atoms with van der Waals surface area (Å²) in [5.74, 6) is 3.12. The molecule has 0 aromatic rings. The minimum absolute atomic E-state index is 0.0854. The fourth-order valence-electron chi connectivity index (χ4n) is 15.7. The standard InChI is InChI=1S/C51H83NO21/c1-20-8-13-51(52-16-20)21(2)32-28(73-51)15-27-25-7-6-23-14-24(9-11-49(23,4)26(25)10-12-50(27,32)5)66-47-44(72-45-39(62)36(59)33(56)22(3)65-45)41(64)42(31(19-55)69-47)70-48-43(38(61)35(58)30(18-54)68-48)71-46-40(63)37(60)34(57)29(17-53)67-46/h6,20-22,24-48,52-64H,7-19H2,1-5H3. The van der Waals surface area contributed by atoms with Crippen molar-refractivity contribution < 1.29 is 104 Å². The molecule has 3 saturated carbocycles. The van der Waals surface area contributed by atoms with Crippen LogP contribution in [0.4, 0.5) is 0 Å². The quantitative estimate of drug-likeness (QED) is 0.0961. The van der Waals surface area contributed by atoms with Crippen LogP contribution in [0.2, 0.25) is 0 Å². The lowest BCUT2D eigenvalue weighted by molar-refractivity contribution is -0.401. The largest absolute Gasteiger partial charge is 0.394 e. The van der Waals surface area contributed by atoms with E-state index in [1.807, 2.05) is 0 Å². The molecule has 0 aromatic carbocycles. The van der Waals surface area contributed by atoms with Gasteiger partial charge in [0.05, 0.1) is 38.1 Å². The van der Waals surface area contributed by atoms with Gasteiger partial charge >= 0.3 is 0 Å². The third-order valence-electron chi connectivity index (χ3n) is 20.0. The molecule has 10 rings (SSSR count). The number of aliphatic hydroxyl groups excluding tert-OH is 12. The van der Waals surface area contributed by atoms with E-state index in [2.05, 4.69) is 39.1 Å². The van der Waals surface area contributed by atoms with E-state index in [1.165, 1.54) is 18.9 Å². The average Bonchev–Trinajstić information content (AvgIpc) is 3.82. The predicted molar refractivity (Wildman–Crippen MR) is 249 cm³/mol. The molecule has 0 radical (unpaired) electrons. The molecule has 10 aliphatic rings. The maximum absolute atomic E-state index is 12.4. The second kappa shape index (κ2) is 21.2. The third kappa shape index (κ3) is 9.42. The zero-order valence-electron chi connectivity index (χ0n) is 42.5. The highest BCUT2D eigenvalue weighted by molar-refractivity contribution is 5.27. The maximum atomic E-state index is 12.4. The Morgan fingerprint density at radius 1 is 0.589 bits per heavy atom. The Kier molecular flexibility index (Phi) is 16.0. The molecule has 9 fully saturated rings. The molecule has 31 unspecified atom stereocenters. The number of nitrogens with one attached hydrogen (secondary N) is 1. The van der Waals surface area contributed by atoms with E-state index in [-0.39, 0.29) is 22.7 Å². The van der Waals surface area contributed by atoms with Crippen molar-refractivity contribution in [1.29, 1.82) is 0 Å². The summed E-state index contributed by atoms with van der Waals surface area (Å²) in [7, 11) is 0. The summed E-state index contributed by atoms with van der Waals surface area (Å²) in [6.07, 6.45) is -22.9. The zero-order chi connectivity index (χ0) is 52.2. The lowest BCUT2D eigenvalue weighted by Crippen LogP contribution is -2.68. The van der Waals surface area contributed by atoms with Crippen LogP contribution in [-0.2, 0) is 42.6 Å². The average molecular weight is 1050 g/mol. The van der Waals surface area contributed by atoms with Gasteiger partial charge in [-0.05, 0) is 105 Å². The number of aliphatic hydroxyl groups is 12. The van der Waals surface area contributed by atoms with Gasteiger partial charge in [-0.3, -0.25) is 5.32 Å². The number of hydrogen-bond donors (Lipinski definition) is 13. The van der Waals surface area contributed by atoms with Gasteiger partial charge in [0.2, 0.25) is 0 Å². The lowest BCUT2D eigenvalue weighted by Gasteiger charge is -2.59. The molecule has 418 valence electrons. The van der Waals surface area contributed by atoms with Crippen molar-refractivity contribution in [2.75, 3.05) is 26.4 Å². The SMILES string of the molecule is CC1CCC2(NC1)OC1CC3C4CC=C5CC(OC6OC(CO)C(OC7OC(CO)C(O)C(O)C7OC7OC(CO)C(O)C(O)C7O)C(O)C6OC6OC(C)C(O)C(O)C6O)CCC5(C)C4CCC3(C)C1C2C. The summed E-state index contributed by atoms with van der Waals surface area (Å²) in [4.78, 5) is 0. The van der Waals surface area contributed by atoms with Crippen LogP contribution in [0.3, 0.4) is 0 Å². The van der Waals surface area contributed by atoms with Crippen LogP contribution in [0.25, 0.3) is 0 Å². The van der Waals surface area contributed by atoms with Crippen molar-refractivity contribution in [3.63, 3.8) is 0 Å². The van der Waals surface area contributed by atoms with Gasteiger partial charge in [-0.1, -0.05) is 39.3 Å². The second-order valence-corrected chi connectivity index (χ2v) is 24.0. The molecule has 13 N–H and O–H groups in total. The molecule has 6 heterocycles. The van der Waals surface area contributed by atoms with E-state index in [0.717, 1.165) is 45.1 Å². The highest BCUT2D eigenvalue weighted by atomic mass is 16.8. The fraction of sp³-hybridized carbons (Fsp3) is 0.961. The molecule has 4 aliphatic carbocycles. The van der Waals surface area contributed by atoms with Crippen LogP contribution in [0.5, 0.6) is 0 Å². The molecular weight excluding hydrogens is 963 g/mol. The van der Waals surface area contributed by atoms with Crippen LogP contribution in [-0.4, -0.2) is 228 Å². The Morgan fingerprint density at radius 3 is 1.84 bits per heavy atom. The number of fused-ring (bicyclic) bond motifs is 7. The molecule has 22 nitrogen and oxygen atoms in total. The first-order valence-corrected chi connectivity index (χ1v) is 27.0. The van der Waals surface area contributed by atoms with Crippen molar-refractivity contribution >= 4 is 0 Å². The van der Waals surface area contributed by atoms with E-state index in [4.69, 9.17) is 42.6 Å². The highest BCUT2D eigenvalue weighted by Crippen LogP contribution is 2.70. The van der Waals surface area contributed by atoms with Gasteiger partial charge in [-0.15, -0.1) is 0 Å². The first-order chi connectivity index (χ1) is 34.7. The molecule has 31 atom stereocenters. The topological polar surface area (TPSA) is 338 Å². The minimum Gasteiger partial charge on any atom is -0.394 e. The van der Waals surface area contributed by atoms with Gasteiger partial charge in [0.25, 0.3) is 0 Å². The van der Waals surface area contributed by atoms with Gasteiger partial charge in [0.1, 0.15) is 97.3 Å². The van der Waals surface area contributed by atoms with E-state index < -0.39 is 149 Å². The number of hydrogen-bond acceptors (Lipinski definition) is 22. The number of allylic oxidation sites excluding steroid dienone is 1. The molecule has 0 amide bonds. The number of rotatable bonds is 11. The van der Waals surface area contributed by atoms with Gasteiger partial charge in [-0.2, -0.15) is 0 Å². The Balaban J connectivity index is 0.873. The van der Waals surface area contributed by atoms with Gasteiger partial charge in [0, 0.05) is 12.5 Å². The maximum Gasteiger partial charge on any atom is 0.187 e. The monoisotopic (exact) mass is 1050 g/mol. The fourth-order valence-corrected chi connectivity index (χ4v) is 15.7. The van der Waals surface area contributed by atoms with Gasteiger partial charge < -0.3 is 104 Å². The molecular formula is C51H83NO21. The Morgan fingerprint density at radius 2 is 1.18 bits per heavy atom. The Hall–Kier alpha value is -1.14. The molecule has 0 bridgehead atoms. The summed E-state index contributed by atoms with van der Waals surface area (Å²) in [6.45, 7) is 9.68. The molecule has 6 aliphatic heterocycles. The summed E-state index contributed by atoms with van der Waals surface area (Å²) in [5.41, 5.74) is 1.17. The van der Waals surface area contributed by atoms with Gasteiger partial charge in [-0.25, -0.2) is 0 Å². The van der Waals surface area contributed by atoms with Crippen LogP contribution < -0.4 is 5.32 Å². The Labute approximate surface area is 425 Å². The van der Waals surface area contributed by atoms with Gasteiger partial charge in [0.15, 0.2) is 25.2 Å². The van der Waals surface area contributed by atoms with Crippen LogP contribution in [0, 0.1) is 46.3 Å². The third-order valence-corrected chi connectivity index (χ3v) is 20.0. The van der Waals surface area contributed by atoms with Crippen LogP contribution in [0.15, 0.2) is 11.6 Å². The summed E-state index contributed by atoms with van der Waals surface area (Å²) >= 11 is 0. The molecule has 6 saturated heterocycles. The molecule has 73 heavy (non-hydrogen) atoms. The highest BCUT2D eigenvalue weighted by Gasteiger charge is 2.68. The first kappa shape index (κ1) is 55.2. The lowest BCUT2D eigenvalue weighted by atomic mass is 9.47. The first-order valence-electron chi connectivity index (χ1n) is 27.0. The second-order valence-electron chi connectivity index (χ2n) is 24.0. The van der Waals surface area contributed by atoms with E-state index >= 15 is 0 Å². The number of ether oxygens (including phenoxy) is 9. The minimum atomic E-state index is -1.95. The molecule has 1 spiro atoms.